The predicted octanol–water partition coefficient (Wildman–Crippen LogP) is 1.84. The van der Waals surface area contributed by atoms with Crippen molar-refractivity contribution in [1.29, 1.82) is 0 Å². The van der Waals surface area contributed by atoms with E-state index in [1.54, 1.807) is 4.68 Å². The molecule has 3 saturated heterocycles. The van der Waals surface area contributed by atoms with Gasteiger partial charge in [-0.15, -0.1) is 0 Å². The third kappa shape index (κ3) is 4.09. The van der Waals surface area contributed by atoms with Gasteiger partial charge in [0.25, 0.3) is 5.91 Å². The molecule has 1 aromatic rings. The first-order valence-corrected chi connectivity index (χ1v) is 11.0. The SMILES string of the molecule is CCn1ccc(C(=O)N2CCC(N3CCCC(C(=O)N4CCCC4)C3)CC2)n1. The minimum absolute atomic E-state index is 0.0476. The zero-order chi connectivity index (χ0) is 19.5. The summed E-state index contributed by atoms with van der Waals surface area (Å²) in [6.45, 7) is 8.24. The molecular formula is C21H33N5O2. The summed E-state index contributed by atoms with van der Waals surface area (Å²) in [5, 5.41) is 4.35. The van der Waals surface area contributed by atoms with Gasteiger partial charge in [-0.25, -0.2) is 0 Å². The maximum Gasteiger partial charge on any atom is 0.274 e. The molecular weight excluding hydrogens is 354 g/mol. The van der Waals surface area contributed by atoms with Crippen molar-refractivity contribution < 1.29 is 9.59 Å². The maximum atomic E-state index is 12.8. The van der Waals surface area contributed by atoms with Crippen molar-refractivity contribution in [2.24, 2.45) is 5.92 Å². The minimum atomic E-state index is 0.0476. The minimum Gasteiger partial charge on any atom is -0.342 e. The van der Waals surface area contributed by atoms with Crippen molar-refractivity contribution >= 4 is 11.8 Å². The lowest BCUT2D eigenvalue weighted by Gasteiger charge is -2.42. The van der Waals surface area contributed by atoms with E-state index >= 15 is 0 Å². The van der Waals surface area contributed by atoms with E-state index in [2.05, 4.69) is 14.9 Å². The Labute approximate surface area is 167 Å². The molecule has 0 aromatic carbocycles. The van der Waals surface area contributed by atoms with Crippen molar-refractivity contribution in [3.05, 3.63) is 18.0 Å². The summed E-state index contributed by atoms with van der Waals surface area (Å²) in [5.74, 6) is 0.595. The zero-order valence-electron chi connectivity index (χ0n) is 17.1. The van der Waals surface area contributed by atoms with Crippen LogP contribution >= 0.6 is 0 Å². The molecule has 0 saturated carbocycles. The van der Waals surface area contributed by atoms with Crippen molar-refractivity contribution in [2.45, 2.75) is 58.0 Å². The van der Waals surface area contributed by atoms with Gasteiger partial charge in [-0.2, -0.15) is 5.10 Å². The predicted molar refractivity (Wildman–Crippen MR) is 107 cm³/mol. The Balaban J connectivity index is 1.29. The molecule has 1 aromatic heterocycles. The number of aryl methyl sites for hydroxylation is 1. The zero-order valence-corrected chi connectivity index (χ0v) is 17.1. The first kappa shape index (κ1) is 19.4. The van der Waals surface area contributed by atoms with Crippen LogP contribution < -0.4 is 0 Å². The van der Waals surface area contributed by atoms with Crippen LogP contribution in [0, 0.1) is 5.92 Å². The third-order valence-corrected chi connectivity index (χ3v) is 6.67. The average Bonchev–Trinajstić information content (AvgIpc) is 3.45. The number of rotatable bonds is 4. The van der Waals surface area contributed by atoms with Crippen molar-refractivity contribution in [1.82, 2.24) is 24.5 Å². The Morgan fingerprint density at radius 1 is 1.00 bits per heavy atom. The fourth-order valence-corrected chi connectivity index (χ4v) is 4.98. The van der Waals surface area contributed by atoms with Crippen LogP contribution in [0.5, 0.6) is 0 Å². The monoisotopic (exact) mass is 387 g/mol. The highest BCUT2D eigenvalue weighted by Gasteiger charge is 2.35. The van der Waals surface area contributed by atoms with Gasteiger partial charge in [0.15, 0.2) is 0 Å². The van der Waals surface area contributed by atoms with Crippen LogP contribution in [-0.4, -0.2) is 81.6 Å². The Kier molecular flexibility index (Phi) is 5.99. The highest BCUT2D eigenvalue weighted by molar-refractivity contribution is 5.92. The highest BCUT2D eigenvalue weighted by atomic mass is 16.2. The van der Waals surface area contributed by atoms with Crippen molar-refractivity contribution in [3.63, 3.8) is 0 Å². The quantitative estimate of drug-likeness (QED) is 0.791. The van der Waals surface area contributed by atoms with Crippen molar-refractivity contribution in [2.75, 3.05) is 39.3 Å². The molecule has 3 aliphatic heterocycles. The van der Waals surface area contributed by atoms with Crippen LogP contribution in [0.25, 0.3) is 0 Å². The number of hydrogen-bond donors (Lipinski definition) is 0. The van der Waals surface area contributed by atoms with E-state index in [0.717, 1.165) is 84.3 Å². The molecule has 154 valence electrons. The molecule has 0 radical (unpaired) electrons. The number of piperidine rings is 2. The molecule has 0 spiro atoms. The summed E-state index contributed by atoms with van der Waals surface area (Å²) in [7, 11) is 0. The molecule has 2 amide bonds. The van der Waals surface area contributed by atoms with E-state index < -0.39 is 0 Å². The second kappa shape index (κ2) is 8.64. The van der Waals surface area contributed by atoms with Gasteiger partial charge in [0, 0.05) is 51.5 Å². The van der Waals surface area contributed by atoms with Gasteiger partial charge in [-0.3, -0.25) is 19.2 Å². The molecule has 4 heterocycles. The molecule has 7 nitrogen and oxygen atoms in total. The Morgan fingerprint density at radius 3 is 2.43 bits per heavy atom. The lowest BCUT2D eigenvalue weighted by molar-refractivity contribution is -0.136. The second-order valence-electron chi connectivity index (χ2n) is 8.45. The van der Waals surface area contributed by atoms with Gasteiger partial charge in [0.2, 0.25) is 5.91 Å². The molecule has 3 fully saturated rings. The van der Waals surface area contributed by atoms with E-state index in [9.17, 15) is 9.59 Å². The molecule has 28 heavy (non-hydrogen) atoms. The van der Waals surface area contributed by atoms with Gasteiger partial charge < -0.3 is 9.80 Å². The van der Waals surface area contributed by atoms with Crippen LogP contribution in [0.1, 0.15) is 55.9 Å². The van der Waals surface area contributed by atoms with Crippen LogP contribution in [0.4, 0.5) is 0 Å². The standard InChI is InChI=1S/C21H33N5O2/c1-2-26-15-9-19(22-26)21(28)24-13-7-18(8-14-24)25-12-5-6-17(16-25)20(27)23-10-3-4-11-23/h9,15,17-18H,2-8,10-14,16H2,1H3. The molecule has 0 N–H and O–H groups in total. The first-order chi connectivity index (χ1) is 13.7. The molecule has 1 unspecified atom stereocenters. The van der Waals surface area contributed by atoms with Gasteiger partial charge in [-0.05, 0) is 58.1 Å². The van der Waals surface area contributed by atoms with E-state index in [-0.39, 0.29) is 11.8 Å². The van der Waals surface area contributed by atoms with E-state index in [4.69, 9.17) is 0 Å². The van der Waals surface area contributed by atoms with Crippen LogP contribution in [0.15, 0.2) is 12.3 Å². The summed E-state index contributed by atoms with van der Waals surface area (Å²) in [4.78, 5) is 32.0. The number of carbonyl (C=O) groups is 2. The van der Waals surface area contributed by atoms with Crippen LogP contribution in [-0.2, 0) is 11.3 Å². The highest BCUT2D eigenvalue weighted by Crippen LogP contribution is 2.26. The van der Waals surface area contributed by atoms with Crippen molar-refractivity contribution in [3.8, 4) is 0 Å². The Bertz CT molecular complexity index is 689. The number of carbonyl (C=O) groups excluding carboxylic acids is 2. The van der Waals surface area contributed by atoms with Gasteiger partial charge >= 0.3 is 0 Å². The fraction of sp³-hybridized carbons (Fsp3) is 0.762. The first-order valence-electron chi connectivity index (χ1n) is 11.0. The van der Waals surface area contributed by atoms with E-state index in [0.29, 0.717) is 17.6 Å². The van der Waals surface area contributed by atoms with Gasteiger partial charge in [-0.1, -0.05) is 0 Å². The smallest absolute Gasteiger partial charge is 0.274 e. The Morgan fingerprint density at radius 2 is 1.75 bits per heavy atom. The summed E-state index contributed by atoms with van der Waals surface area (Å²) in [6, 6.07) is 2.31. The molecule has 0 bridgehead atoms. The largest absolute Gasteiger partial charge is 0.342 e. The van der Waals surface area contributed by atoms with Gasteiger partial charge in [0.05, 0.1) is 5.92 Å². The molecule has 0 aliphatic carbocycles. The molecule has 3 aliphatic rings. The van der Waals surface area contributed by atoms with Gasteiger partial charge in [0.1, 0.15) is 5.69 Å². The second-order valence-corrected chi connectivity index (χ2v) is 8.45. The van der Waals surface area contributed by atoms with E-state index in [1.807, 2.05) is 24.1 Å². The van der Waals surface area contributed by atoms with E-state index in [1.165, 1.54) is 0 Å². The normalized spacial score (nSPS) is 24.7. The summed E-state index contributed by atoms with van der Waals surface area (Å²) >= 11 is 0. The summed E-state index contributed by atoms with van der Waals surface area (Å²) in [5.41, 5.74) is 0.551. The number of nitrogens with zero attached hydrogens (tertiary/aromatic N) is 5. The number of amides is 2. The maximum absolute atomic E-state index is 12.8. The number of hydrogen-bond acceptors (Lipinski definition) is 4. The lowest BCUT2D eigenvalue weighted by Crippen LogP contribution is -2.51. The summed E-state index contributed by atoms with van der Waals surface area (Å²) in [6.07, 6.45) is 8.30. The lowest BCUT2D eigenvalue weighted by atomic mass is 9.93. The number of aromatic nitrogens is 2. The molecule has 7 heteroatoms. The van der Waals surface area contributed by atoms with Crippen LogP contribution in [0.2, 0.25) is 0 Å². The Hall–Kier alpha value is -1.89. The average molecular weight is 388 g/mol. The van der Waals surface area contributed by atoms with Crippen LogP contribution in [0.3, 0.4) is 0 Å². The topological polar surface area (TPSA) is 61.7 Å². The third-order valence-electron chi connectivity index (χ3n) is 6.67. The fourth-order valence-electron chi connectivity index (χ4n) is 4.98. The molecule has 4 rings (SSSR count). The summed E-state index contributed by atoms with van der Waals surface area (Å²) < 4.78 is 1.80. The number of likely N-dealkylation sites (tertiary alicyclic amines) is 3. The molecule has 1 atom stereocenters.